The lowest BCUT2D eigenvalue weighted by molar-refractivity contribution is -0.192. The summed E-state index contributed by atoms with van der Waals surface area (Å²) < 4.78 is 93.7. The first-order valence-electron chi connectivity index (χ1n) is 22.0. The highest BCUT2D eigenvalue weighted by atomic mass is 35.5. The molecule has 73 heavy (non-hydrogen) atoms. The Hall–Kier alpha value is -7.64. The molecular formula is C48H44ClF3N10O9S2. The largest absolute Gasteiger partial charge is 0.497 e. The van der Waals surface area contributed by atoms with Gasteiger partial charge in [0.25, 0.3) is 10.0 Å². The fourth-order valence-electron chi connectivity index (χ4n) is 8.18. The zero-order valence-corrected chi connectivity index (χ0v) is 40.7. The van der Waals surface area contributed by atoms with E-state index in [0.29, 0.717) is 72.3 Å². The predicted molar refractivity (Wildman–Crippen MR) is 266 cm³/mol. The average Bonchev–Trinajstić information content (AvgIpc) is 4.04. The monoisotopic (exact) mass is 1060 g/mol. The molecule has 19 nitrogen and oxygen atoms in total. The van der Waals surface area contributed by atoms with Crippen LogP contribution in [-0.4, -0.2) is 108 Å². The Morgan fingerprint density at radius 1 is 0.753 bits per heavy atom. The summed E-state index contributed by atoms with van der Waals surface area (Å²) in [5, 5.41) is 11.6. The van der Waals surface area contributed by atoms with Gasteiger partial charge in [-0.05, 0) is 107 Å². The molecule has 0 radical (unpaired) electrons. The van der Waals surface area contributed by atoms with Crippen molar-refractivity contribution in [1.82, 2.24) is 39.2 Å². The number of nitrogens with zero attached hydrogens (tertiary/aromatic N) is 5. The second-order valence-electron chi connectivity index (χ2n) is 16.8. The van der Waals surface area contributed by atoms with Crippen LogP contribution in [0.2, 0.25) is 5.02 Å². The SMILES string of the molecule is COc1ccc2ccc(S(=O)(=O)N[C@@H]3CCN(Cc4ccc5ccnc(N)c5c4)C3=O)cc2c1.Nc1ccnc2cc(CN3CC[C@@H](NS(=O)(=O)c4nc5ccc(Cl)cc5[nH]4)C3=O)ccc12.O=C(O)C(F)(F)F. The smallest absolute Gasteiger partial charge is 0.490 e. The summed E-state index contributed by atoms with van der Waals surface area (Å²) in [5.41, 5.74) is 16.1. The molecule has 10 rings (SSSR count). The van der Waals surface area contributed by atoms with E-state index in [2.05, 4.69) is 29.4 Å². The van der Waals surface area contributed by atoms with Crippen LogP contribution in [0.15, 0.2) is 126 Å². The normalized spacial score (nSPS) is 16.2. The molecule has 3 aromatic heterocycles. The number of rotatable bonds is 11. The molecule has 0 unspecified atom stereocenters. The number of nitrogen functional groups attached to an aromatic ring is 2. The van der Waals surface area contributed by atoms with Crippen LogP contribution >= 0.6 is 11.6 Å². The van der Waals surface area contributed by atoms with Gasteiger partial charge in [-0.25, -0.2) is 31.6 Å². The number of aromatic amines is 1. The van der Waals surface area contributed by atoms with Crippen LogP contribution in [0.3, 0.4) is 0 Å². The number of methoxy groups -OCH3 is 1. The molecule has 2 aliphatic heterocycles. The molecule has 5 aromatic carbocycles. The molecule has 0 spiro atoms. The van der Waals surface area contributed by atoms with E-state index in [1.165, 1.54) is 0 Å². The maximum Gasteiger partial charge on any atom is 0.490 e. The van der Waals surface area contributed by atoms with Gasteiger partial charge in [0, 0.05) is 60.1 Å². The van der Waals surface area contributed by atoms with Crippen molar-refractivity contribution in [3.63, 3.8) is 0 Å². The number of pyridine rings is 2. The highest BCUT2D eigenvalue weighted by Gasteiger charge is 2.39. The maximum atomic E-state index is 13.0. The predicted octanol–water partition coefficient (Wildman–Crippen LogP) is 6.12. The van der Waals surface area contributed by atoms with Crippen LogP contribution in [0.25, 0.3) is 43.5 Å². The lowest BCUT2D eigenvalue weighted by Crippen LogP contribution is -2.41. The van der Waals surface area contributed by atoms with Crippen LogP contribution in [0, 0.1) is 0 Å². The fraction of sp³-hybridized carbons (Fsp3) is 0.208. The van der Waals surface area contributed by atoms with Crippen molar-refractivity contribution in [1.29, 1.82) is 0 Å². The Kier molecular flexibility index (Phi) is 14.8. The van der Waals surface area contributed by atoms with Crippen molar-refractivity contribution in [2.45, 2.75) is 54.2 Å². The van der Waals surface area contributed by atoms with Crippen molar-refractivity contribution in [3.05, 3.63) is 132 Å². The van der Waals surface area contributed by atoms with E-state index < -0.39 is 44.3 Å². The number of imidazole rings is 1. The number of carbonyl (C=O) groups excluding carboxylic acids is 2. The number of carbonyl (C=O) groups is 3. The molecular weight excluding hydrogens is 1020 g/mol. The number of sulfonamides is 2. The van der Waals surface area contributed by atoms with Crippen molar-refractivity contribution in [2.24, 2.45) is 0 Å². The number of likely N-dealkylation sites (tertiary alicyclic amines) is 2. The molecule has 2 amide bonds. The lowest BCUT2D eigenvalue weighted by Gasteiger charge is -2.18. The van der Waals surface area contributed by atoms with Crippen LogP contribution in [0.5, 0.6) is 5.75 Å². The number of nitrogens with one attached hydrogen (secondary N) is 3. The molecule has 2 saturated heterocycles. The Balaban J connectivity index is 0.000000173. The van der Waals surface area contributed by atoms with Crippen molar-refractivity contribution >= 4 is 104 Å². The summed E-state index contributed by atoms with van der Waals surface area (Å²) in [5.74, 6) is -2.21. The summed E-state index contributed by atoms with van der Waals surface area (Å²) >= 11 is 5.95. The van der Waals surface area contributed by atoms with Crippen molar-refractivity contribution < 1.29 is 54.2 Å². The number of hydrogen-bond acceptors (Lipinski definition) is 13. The van der Waals surface area contributed by atoms with Crippen LogP contribution in [0.1, 0.15) is 24.0 Å². The van der Waals surface area contributed by atoms with E-state index in [1.54, 1.807) is 77.8 Å². The molecule has 25 heteroatoms. The van der Waals surface area contributed by atoms with E-state index in [-0.39, 0.29) is 21.9 Å². The molecule has 2 fully saturated rings. The van der Waals surface area contributed by atoms with Gasteiger partial charge in [0.15, 0.2) is 0 Å². The number of fused-ring (bicyclic) bond motifs is 4. The van der Waals surface area contributed by atoms with E-state index in [4.69, 9.17) is 37.7 Å². The minimum atomic E-state index is -5.08. The third-order valence-corrected chi connectivity index (χ3v) is 14.9. The second kappa shape index (κ2) is 20.8. The molecule has 8 aromatic rings. The van der Waals surface area contributed by atoms with Gasteiger partial charge in [0.2, 0.25) is 27.0 Å². The van der Waals surface area contributed by atoms with E-state index >= 15 is 0 Å². The number of H-pyrrole nitrogens is 1. The van der Waals surface area contributed by atoms with Gasteiger partial charge in [-0.15, -0.1) is 0 Å². The standard InChI is InChI=1S/C25H24N4O4S.C21H19ClN6O3S.C2HF3O2/c1-33-20-6-4-17-5-7-21(14-19(17)13-20)34(31,32)28-23-9-11-29(25(23)30)15-16-2-3-18-8-10-27-24(26)22(18)12-16;22-13-2-4-16-19(10-13)26-21(25-16)32(30,31)27-17-6-8-28(20(17)29)11-12-1-3-14-15(23)5-7-24-18(14)9-12;3-2(4,5)1(6)7/h2-8,10,12-14,23,28H,9,11,15H2,1H3,(H2,26,27);1-5,7,9-10,17,27H,6,8,11H2,(H2,23,24)(H,25,26);(H,6,7)/t23-;17-;/m11./s1. The first-order chi connectivity index (χ1) is 34.6. The minimum Gasteiger partial charge on any atom is -0.497 e. The van der Waals surface area contributed by atoms with E-state index in [0.717, 1.165) is 43.6 Å². The third kappa shape index (κ3) is 11.8. The number of anilines is 2. The zero-order chi connectivity index (χ0) is 52.4. The first kappa shape index (κ1) is 51.7. The van der Waals surface area contributed by atoms with Crippen LogP contribution < -0.4 is 25.6 Å². The van der Waals surface area contributed by atoms with Gasteiger partial charge in [-0.3, -0.25) is 14.6 Å². The molecule has 0 bridgehead atoms. The molecule has 0 aliphatic carbocycles. The number of alkyl halides is 3. The minimum absolute atomic E-state index is 0.108. The molecule has 5 heterocycles. The highest BCUT2D eigenvalue weighted by molar-refractivity contribution is 7.89. The topological polar surface area (TPSA) is 286 Å². The summed E-state index contributed by atoms with van der Waals surface area (Å²) in [6.07, 6.45) is -1.02. The third-order valence-electron chi connectivity index (χ3n) is 11.9. The molecule has 8 N–H and O–H groups in total. The molecule has 2 aliphatic rings. The number of ether oxygens (including phenoxy) is 1. The molecule has 2 atom stereocenters. The number of carboxylic acids is 1. The molecule has 0 saturated carbocycles. The van der Waals surface area contributed by atoms with Gasteiger partial charge in [-0.1, -0.05) is 48.0 Å². The number of carboxylic acid groups (broad SMARTS) is 1. The van der Waals surface area contributed by atoms with E-state index in [9.17, 15) is 39.6 Å². The van der Waals surface area contributed by atoms with Gasteiger partial charge >= 0.3 is 12.1 Å². The maximum absolute atomic E-state index is 13.0. The van der Waals surface area contributed by atoms with Gasteiger partial charge in [-0.2, -0.15) is 22.6 Å². The van der Waals surface area contributed by atoms with Gasteiger partial charge < -0.3 is 36.1 Å². The van der Waals surface area contributed by atoms with Gasteiger partial charge in [0.05, 0.1) is 28.6 Å². The summed E-state index contributed by atoms with van der Waals surface area (Å²) in [7, 11) is -6.33. The quantitative estimate of drug-likeness (QED) is 0.0852. The Morgan fingerprint density at radius 2 is 1.37 bits per heavy atom. The van der Waals surface area contributed by atoms with Crippen molar-refractivity contribution in [2.75, 3.05) is 31.7 Å². The lowest BCUT2D eigenvalue weighted by atomic mass is 10.1. The number of halogens is 4. The highest BCUT2D eigenvalue weighted by Crippen LogP contribution is 2.28. The first-order valence-corrected chi connectivity index (χ1v) is 25.3. The number of nitrogens with two attached hydrogens (primary N) is 2. The summed E-state index contributed by atoms with van der Waals surface area (Å²) in [6, 6.07) is 28.6. The average molecular weight is 1060 g/mol. The number of hydrogen-bond donors (Lipinski definition) is 6. The van der Waals surface area contributed by atoms with Crippen molar-refractivity contribution in [3.8, 4) is 5.75 Å². The Morgan fingerprint density at radius 3 is 2.04 bits per heavy atom. The van der Waals surface area contributed by atoms with Gasteiger partial charge in [0.1, 0.15) is 23.7 Å². The second-order valence-corrected chi connectivity index (χ2v) is 20.6. The summed E-state index contributed by atoms with van der Waals surface area (Å²) in [4.78, 5) is 53.4. The zero-order valence-electron chi connectivity index (χ0n) is 38.3. The Labute approximate surface area is 419 Å². The number of aromatic nitrogens is 4. The van der Waals surface area contributed by atoms with E-state index in [1.807, 2.05) is 54.6 Å². The van der Waals surface area contributed by atoms with Crippen LogP contribution in [-0.2, 0) is 47.5 Å². The Bertz CT molecular complexity index is 3680. The fourth-order valence-corrected chi connectivity index (χ4v) is 10.8. The number of aliphatic carboxylic acids is 1. The number of benzene rings is 5. The molecule has 380 valence electrons. The summed E-state index contributed by atoms with van der Waals surface area (Å²) in [6.45, 7) is 1.62. The van der Waals surface area contributed by atoms with Crippen LogP contribution in [0.4, 0.5) is 24.7 Å². The number of amides is 2.